The molecular formula is C13H10BrClFN3O. The monoisotopic (exact) mass is 357 g/mol. The van der Waals surface area contributed by atoms with Crippen LogP contribution in [-0.2, 0) is 0 Å². The van der Waals surface area contributed by atoms with E-state index in [0.717, 1.165) is 0 Å². The largest absolute Gasteiger partial charge is 0.323 e. The topological polar surface area (TPSA) is 54.0 Å². The first kappa shape index (κ1) is 14.7. The molecule has 0 aliphatic heterocycles. The van der Waals surface area contributed by atoms with Gasteiger partial charge < -0.3 is 10.6 Å². The summed E-state index contributed by atoms with van der Waals surface area (Å²) in [6, 6.07) is 5.68. The molecule has 0 radical (unpaired) electrons. The fourth-order valence-corrected chi connectivity index (χ4v) is 2.00. The Morgan fingerprint density at radius 3 is 2.80 bits per heavy atom. The molecule has 0 aliphatic carbocycles. The quantitative estimate of drug-likeness (QED) is 0.772. The van der Waals surface area contributed by atoms with E-state index in [1.165, 1.54) is 18.3 Å². The minimum atomic E-state index is -0.572. The van der Waals surface area contributed by atoms with Crippen LogP contribution in [0.2, 0.25) is 5.15 Å². The molecule has 2 rings (SSSR count). The first-order chi connectivity index (χ1) is 9.47. The zero-order valence-corrected chi connectivity index (χ0v) is 12.7. The number of nitrogens with zero attached hydrogens (tertiary/aromatic N) is 1. The van der Waals surface area contributed by atoms with Crippen LogP contribution in [-0.4, -0.2) is 11.0 Å². The Bertz CT molecular complexity index is 660. The number of carbonyl (C=O) groups is 1. The number of aromatic nitrogens is 1. The number of hydrogen-bond acceptors (Lipinski definition) is 2. The molecule has 0 saturated carbocycles. The fraction of sp³-hybridized carbons (Fsp3) is 0.0769. The third-order valence-electron chi connectivity index (χ3n) is 2.51. The lowest BCUT2D eigenvalue weighted by Crippen LogP contribution is -2.20. The number of anilines is 2. The van der Waals surface area contributed by atoms with Crippen molar-refractivity contribution in [3.63, 3.8) is 0 Å². The van der Waals surface area contributed by atoms with Crippen LogP contribution in [0.4, 0.5) is 20.6 Å². The van der Waals surface area contributed by atoms with E-state index < -0.39 is 11.8 Å². The number of rotatable bonds is 2. The van der Waals surface area contributed by atoms with Gasteiger partial charge in [0.2, 0.25) is 0 Å². The van der Waals surface area contributed by atoms with Gasteiger partial charge in [-0.15, -0.1) is 0 Å². The molecule has 0 spiro atoms. The fourth-order valence-electron chi connectivity index (χ4n) is 1.53. The molecular weight excluding hydrogens is 349 g/mol. The number of urea groups is 1. The second-order valence-corrected chi connectivity index (χ2v) is 5.24. The summed E-state index contributed by atoms with van der Waals surface area (Å²) >= 11 is 8.98. The number of nitrogens with one attached hydrogen (secondary N) is 2. The average molecular weight is 359 g/mol. The number of amides is 2. The zero-order chi connectivity index (χ0) is 14.7. The van der Waals surface area contributed by atoms with Crippen molar-refractivity contribution in [2.24, 2.45) is 0 Å². The molecule has 1 aromatic carbocycles. The van der Waals surface area contributed by atoms with Gasteiger partial charge in [0.05, 0.1) is 15.8 Å². The highest BCUT2D eigenvalue weighted by Gasteiger charge is 2.10. The molecule has 0 aliphatic rings. The Kier molecular flexibility index (Phi) is 4.57. The molecule has 1 heterocycles. The maximum atomic E-state index is 13.8. The Balaban J connectivity index is 2.13. The minimum absolute atomic E-state index is 0.110. The third-order valence-corrected chi connectivity index (χ3v) is 3.35. The Labute approximate surface area is 128 Å². The van der Waals surface area contributed by atoms with E-state index in [4.69, 9.17) is 11.6 Å². The summed E-state index contributed by atoms with van der Waals surface area (Å²) in [7, 11) is 0. The number of carbonyl (C=O) groups excluding carboxylic acids is 1. The van der Waals surface area contributed by atoms with Crippen molar-refractivity contribution < 1.29 is 9.18 Å². The van der Waals surface area contributed by atoms with Crippen molar-refractivity contribution in [2.75, 3.05) is 10.6 Å². The molecule has 0 atom stereocenters. The molecule has 2 amide bonds. The molecule has 2 N–H and O–H groups in total. The first-order valence-electron chi connectivity index (χ1n) is 5.61. The summed E-state index contributed by atoms with van der Waals surface area (Å²) in [6.07, 6.45) is 1.46. The van der Waals surface area contributed by atoms with Crippen LogP contribution >= 0.6 is 27.5 Å². The van der Waals surface area contributed by atoms with Crippen LogP contribution in [0.3, 0.4) is 0 Å². The van der Waals surface area contributed by atoms with Crippen molar-refractivity contribution in [3.8, 4) is 0 Å². The molecule has 2 aromatic rings. The molecule has 0 fully saturated rings. The van der Waals surface area contributed by atoms with E-state index in [1.807, 2.05) is 0 Å². The van der Waals surface area contributed by atoms with E-state index in [0.29, 0.717) is 15.7 Å². The highest BCUT2D eigenvalue weighted by Crippen LogP contribution is 2.24. The number of halogens is 3. The van der Waals surface area contributed by atoms with E-state index in [-0.39, 0.29) is 10.8 Å². The molecule has 0 bridgehead atoms. The van der Waals surface area contributed by atoms with Crippen molar-refractivity contribution in [2.45, 2.75) is 6.92 Å². The predicted octanol–water partition coefficient (Wildman–Crippen LogP) is 4.59. The van der Waals surface area contributed by atoms with Crippen LogP contribution < -0.4 is 10.6 Å². The van der Waals surface area contributed by atoms with E-state index in [1.54, 1.807) is 19.1 Å². The van der Waals surface area contributed by atoms with Crippen LogP contribution in [0.1, 0.15) is 5.56 Å². The average Bonchev–Trinajstić information content (AvgIpc) is 2.39. The van der Waals surface area contributed by atoms with Crippen molar-refractivity contribution >= 4 is 44.9 Å². The normalized spacial score (nSPS) is 10.2. The molecule has 104 valence electrons. The molecule has 7 heteroatoms. The lowest BCUT2D eigenvalue weighted by atomic mass is 10.2. The summed E-state index contributed by atoms with van der Waals surface area (Å²) in [5.74, 6) is -0.463. The van der Waals surface area contributed by atoms with Crippen molar-refractivity contribution in [1.82, 2.24) is 4.98 Å². The third kappa shape index (κ3) is 3.46. The van der Waals surface area contributed by atoms with Gasteiger partial charge in [-0.3, -0.25) is 0 Å². The Hall–Kier alpha value is -1.66. The second-order valence-electron chi connectivity index (χ2n) is 4.00. The molecule has 0 unspecified atom stereocenters. The molecule has 20 heavy (non-hydrogen) atoms. The maximum absolute atomic E-state index is 13.8. The van der Waals surface area contributed by atoms with Gasteiger partial charge in [0.15, 0.2) is 0 Å². The van der Waals surface area contributed by atoms with Gasteiger partial charge >= 0.3 is 6.03 Å². The number of benzene rings is 1. The van der Waals surface area contributed by atoms with Crippen molar-refractivity contribution in [1.29, 1.82) is 0 Å². The Morgan fingerprint density at radius 2 is 2.05 bits per heavy atom. The van der Waals surface area contributed by atoms with Gasteiger partial charge in [-0.25, -0.2) is 14.2 Å². The highest BCUT2D eigenvalue weighted by molar-refractivity contribution is 9.10. The zero-order valence-electron chi connectivity index (χ0n) is 10.4. The van der Waals surface area contributed by atoms with Crippen molar-refractivity contribution in [3.05, 3.63) is 51.5 Å². The van der Waals surface area contributed by atoms with Crippen LogP contribution in [0, 0.1) is 12.7 Å². The van der Waals surface area contributed by atoms with Gasteiger partial charge in [-0.1, -0.05) is 23.7 Å². The summed E-state index contributed by atoms with van der Waals surface area (Å²) < 4.78 is 14.3. The highest BCUT2D eigenvalue weighted by atomic mass is 79.9. The van der Waals surface area contributed by atoms with Gasteiger partial charge in [-0.05, 0) is 34.5 Å². The molecule has 4 nitrogen and oxygen atoms in total. The van der Waals surface area contributed by atoms with E-state index >= 15 is 0 Å². The maximum Gasteiger partial charge on any atom is 0.323 e. The first-order valence-corrected chi connectivity index (χ1v) is 6.78. The summed E-state index contributed by atoms with van der Waals surface area (Å²) in [5.41, 5.74) is 1.00. The number of pyridine rings is 1. The lowest BCUT2D eigenvalue weighted by molar-refractivity contribution is 0.262. The summed E-state index contributed by atoms with van der Waals surface area (Å²) in [6.45, 7) is 1.62. The standard InChI is InChI=1S/C13H10BrClFN3O/c1-7-3-2-4-9(12(7)16)18-13(20)19-10-5-11(15)17-6-8(10)14/h2-6H,1H3,(H2,17,18,19,20). The van der Waals surface area contributed by atoms with Crippen LogP contribution in [0.5, 0.6) is 0 Å². The Morgan fingerprint density at radius 1 is 1.35 bits per heavy atom. The summed E-state index contributed by atoms with van der Waals surface area (Å²) in [4.78, 5) is 15.7. The SMILES string of the molecule is Cc1cccc(NC(=O)Nc2cc(Cl)ncc2Br)c1F. The predicted molar refractivity (Wildman–Crippen MR) is 80.7 cm³/mol. The van der Waals surface area contributed by atoms with Gasteiger partial charge in [0, 0.05) is 12.3 Å². The molecule has 1 aromatic heterocycles. The van der Waals surface area contributed by atoms with Gasteiger partial charge in [0.25, 0.3) is 0 Å². The van der Waals surface area contributed by atoms with Crippen LogP contribution in [0.25, 0.3) is 0 Å². The summed E-state index contributed by atoms with van der Waals surface area (Å²) in [5, 5.41) is 5.24. The number of aryl methyl sites for hydroxylation is 1. The van der Waals surface area contributed by atoms with Crippen LogP contribution in [0.15, 0.2) is 34.9 Å². The van der Waals surface area contributed by atoms with Gasteiger partial charge in [-0.2, -0.15) is 0 Å². The minimum Gasteiger partial charge on any atom is -0.306 e. The molecule has 0 saturated heterocycles. The second kappa shape index (κ2) is 6.19. The van der Waals surface area contributed by atoms with E-state index in [9.17, 15) is 9.18 Å². The smallest absolute Gasteiger partial charge is 0.306 e. The van der Waals surface area contributed by atoms with E-state index in [2.05, 4.69) is 31.5 Å². The number of hydrogen-bond donors (Lipinski definition) is 2. The van der Waals surface area contributed by atoms with Gasteiger partial charge in [0.1, 0.15) is 11.0 Å². The lowest BCUT2D eigenvalue weighted by Gasteiger charge is -2.10.